The molecule has 1 heterocycles. The number of carbonyl (C=O) groups excluding carboxylic acids is 1. The first-order chi connectivity index (χ1) is 6.56. The Morgan fingerprint density at radius 2 is 2.29 bits per heavy atom. The molecule has 0 aromatic carbocycles. The smallest absolute Gasteiger partial charge is 0.224 e. The minimum Gasteiger partial charge on any atom is -0.322 e. The minimum atomic E-state index is -0.0227. The number of hydrogen-bond donors (Lipinski definition) is 1. The Bertz CT molecular complexity index is 346. The molecule has 0 saturated carbocycles. The Hall–Kier alpha value is -1.03. The molecule has 4 nitrogen and oxygen atoms in total. The average molecular weight is 216 g/mol. The van der Waals surface area contributed by atoms with Gasteiger partial charge in [-0.3, -0.25) is 9.48 Å². The molecule has 1 rings (SSSR count). The molecule has 5 heteroatoms. The second-order valence-electron chi connectivity index (χ2n) is 3.17. The summed E-state index contributed by atoms with van der Waals surface area (Å²) < 4.78 is 1.54. The third-order valence-electron chi connectivity index (χ3n) is 1.89. The molecule has 14 heavy (non-hydrogen) atoms. The average Bonchev–Trinajstić information content (AvgIpc) is 2.33. The van der Waals surface area contributed by atoms with Crippen LogP contribution in [0.25, 0.3) is 0 Å². The largest absolute Gasteiger partial charge is 0.322 e. The van der Waals surface area contributed by atoms with Gasteiger partial charge in [-0.1, -0.05) is 18.5 Å². The van der Waals surface area contributed by atoms with Crippen LogP contribution in [0.2, 0.25) is 5.15 Å². The standard InChI is InChI=1S/C9H14ClN3O/c1-4-5-7(14)11-8-6(2)12-13(3)9(8)10/h4-5H2,1-3H3,(H,11,14). The van der Waals surface area contributed by atoms with Crippen LogP contribution in [0.5, 0.6) is 0 Å². The molecule has 1 amide bonds. The number of nitrogens with zero attached hydrogens (tertiary/aromatic N) is 2. The highest BCUT2D eigenvalue weighted by Gasteiger charge is 2.12. The lowest BCUT2D eigenvalue weighted by molar-refractivity contribution is -0.116. The minimum absolute atomic E-state index is 0.0227. The van der Waals surface area contributed by atoms with Crippen molar-refractivity contribution >= 4 is 23.2 Å². The second kappa shape index (κ2) is 4.46. The van der Waals surface area contributed by atoms with Gasteiger partial charge in [0.2, 0.25) is 5.91 Å². The lowest BCUT2D eigenvalue weighted by Gasteiger charge is -2.02. The molecular weight excluding hydrogens is 202 g/mol. The molecule has 1 aromatic rings. The van der Waals surface area contributed by atoms with E-state index in [1.807, 2.05) is 13.8 Å². The normalized spacial score (nSPS) is 10.3. The Morgan fingerprint density at radius 3 is 2.71 bits per heavy atom. The van der Waals surface area contributed by atoms with E-state index < -0.39 is 0 Å². The predicted molar refractivity (Wildman–Crippen MR) is 56.5 cm³/mol. The fourth-order valence-electron chi connectivity index (χ4n) is 1.20. The van der Waals surface area contributed by atoms with Crippen molar-refractivity contribution in [3.8, 4) is 0 Å². The van der Waals surface area contributed by atoms with E-state index >= 15 is 0 Å². The van der Waals surface area contributed by atoms with E-state index in [-0.39, 0.29) is 5.91 Å². The highest BCUT2D eigenvalue weighted by molar-refractivity contribution is 6.32. The number of rotatable bonds is 3. The summed E-state index contributed by atoms with van der Waals surface area (Å²) >= 11 is 5.94. The zero-order valence-electron chi connectivity index (χ0n) is 8.59. The number of anilines is 1. The molecule has 1 aromatic heterocycles. The maximum atomic E-state index is 11.3. The van der Waals surface area contributed by atoms with Crippen LogP contribution in [0.4, 0.5) is 5.69 Å². The summed E-state index contributed by atoms with van der Waals surface area (Å²) in [6.45, 7) is 3.77. The third-order valence-corrected chi connectivity index (χ3v) is 2.33. The quantitative estimate of drug-likeness (QED) is 0.840. The van der Waals surface area contributed by atoms with Gasteiger partial charge in [-0.05, 0) is 13.3 Å². The molecule has 1 N–H and O–H groups in total. The van der Waals surface area contributed by atoms with E-state index in [1.54, 1.807) is 11.7 Å². The van der Waals surface area contributed by atoms with Gasteiger partial charge in [0.05, 0.1) is 5.69 Å². The van der Waals surface area contributed by atoms with Crippen molar-refractivity contribution in [3.63, 3.8) is 0 Å². The first-order valence-corrected chi connectivity index (χ1v) is 4.93. The number of aromatic nitrogens is 2. The number of aryl methyl sites for hydroxylation is 2. The summed E-state index contributed by atoms with van der Waals surface area (Å²) in [5, 5.41) is 7.30. The van der Waals surface area contributed by atoms with E-state index in [1.165, 1.54) is 0 Å². The highest BCUT2D eigenvalue weighted by atomic mass is 35.5. The predicted octanol–water partition coefficient (Wildman–Crippen LogP) is 2.12. The Labute approximate surface area is 88.2 Å². The number of halogens is 1. The van der Waals surface area contributed by atoms with Crippen LogP contribution >= 0.6 is 11.6 Å². The van der Waals surface area contributed by atoms with Crippen LogP contribution in [-0.4, -0.2) is 15.7 Å². The number of nitrogens with one attached hydrogen (secondary N) is 1. The molecule has 0 saturated heterocycles. The van der Waals surface area contributed by atoms with Gasteiger partial charge in [0, 0.05) is 13.5 Å². The van der Waals surface area contributed by atoms with Crippen LogP contribution < -0.4 is 5.32 Å². The summed E-state index contributed by atoms with van der Waals surface area (Å²) in [5.41, 5.74) is 1.36. The second-order valence-corrected chi connectivity index (χ2v) is 3.53. The lowest BCUT2D eigenvalue weighted by Crippen LogP contribution is -2.11. The van der Waals surface area contributed by atoms with Gasteiger partial charge >= 0.3 is 0 Å². The van der Waals surface area contributed by atoms with E-state index in [0.717, 1.165) is 12.1 Å². The maximum absolute atomic E-state index is 11.3. The summed E-state index contributed by atoms with van der Waals surface area (Å²) in [4.78, 5) is 11.3. The molecule has 0 aliphatic heterocycles. The van der Waals surface area contributed by atoms with Crippen LogP contribution in [-0.2, 0) is 11.8 Å². The van der Waals surface area contributed by atoms with Gasteiger partial charge in [0.25, 0.3) is 0 Å². The first kappa shape index (κ1) is 11.0. The molecule has 78 valence electrons. The van der Waals surface area contributed by atoms with Crippen LogP contribution in [0.15, 0.2) is 0 Å². The lowest BCUT2D eigenvalue weighted by atomic mass is 10.3. The molecular formula is C9H14ClN3O. The van der Waals surface area contributed by atoms with Gasteiger partial charge in [-0.25, -0.2) is 0 Å². The molecule has 0 atom stereocenters. The molecule has 0 aliphatic carbocycles. The summed E-state index contributed by atoms with van der Waals surface area (Å²) in [6, 6.07) is 0. The summed E-state index contributed by atoms with van der Waals surface area (Å²) in [6.07, 6.45) is 1.33. The van der Waals surface area contributed by atoms with Crippen molar-refractivity contribution < 1.29 is 4.79 Å². The monoisotopic (exact) mass is 215 g/mol. The van der Waals surface area contributed by atoms with Crippen molar-refractivity contribution in [1.29, 1.82) is 0 Å². The molecule has 0 bridgehead atoms. The fourth-order valence-corrected chi connectivity index (χ4v) is 1.42. The SMILES string of the molecule is CCCC(=O)Nc1c(C)nn(C)c1Cl. The first-order valence-electron chi connectivity index (χ1n) is 4.55. The molecule has 0 radical (unpaired) electrons. The molecule has 0 aliphatic rings. The molecule has 0 unspecified atom stereocenters. The van der Waals surface area contributed by atoms with E-state index in [0.29, 0.717) is 17.3 Å². The Morgan fingerprint density at radius 1 is 1.64 bits per heavy atom. The van der Waals surface area contributed by atoms with E-state index in [2.05, 4.69) is 10.4 Å². The zero-order valence-corrected chi connectivity index (χ0v) is 9.35. The van der Waals surface area contributed by atoms with Crippen LogP contribution in [0.1, 0.15) is 25.5 Å². The van der Waals surface area contributed by atoms with E-state index in [9.17, 15) is 4.79 Å². The number of amides is 1. The van der Waals surface area contributed by atoms with Gasteiger partial charge in [-0.15, -0.1) is 0 Å². The van der Waals surface area contributed by atoms with E-state index in [4.69, 9.17) is 11.6 Å². The molecule has 0 spiro atoms. The molecule has 0 fully saturated rings. The van der Waals surface area contributed by atoms with Crippen molar-refractivity contribution in [3.05, 3.63) is 10.8 Å². The topological polar surface area (TPSA) is 46.9 Å². The highest BCUT2D eigenvalue weighted by Crippen LogP contribution is 2.24. The zero-order chi connectivity index (χ0) is 10.7. The Balaban J connectivity index is 2.81. The van der Waals surface area contributed by atoms with Gasteiger partial charge in [0.1, 0.15) is 5.69 Å². The Kier molecular flexibility index (Phi) is 3.52. The fraction of sp³-hybridized carbons (Fsp3) is 0.556. The van der Waals surface area contributed by atoms with Crippen molar-refractivity contribution in [2.75, 3.05) is 5.32 Å². The van der Waals surface area contributed by atoms with Crippen LogP contribution in [0, 0.1) is 6.92 Å². The summed E-state index contributed by atoms with van der Waals surface area (Å²) in [5.74, 6) is -0.0227. The van der Waals surface area contributed by atoms with Gasteiger partial charge in [-0.2, -0.15) is 5.10 Å². The van der Waals surface area contributed by atoms with Crippen molar-refractivity contribution in [1.82, 2.24) is 9.78 Å². The number of carbonyl (C=O) groups is 1. The number of hydrogen-bond acceptors (Lipinski definition) is 2. The third kappa shape index (κ3) is 2.26. The van der Waals surface area contributed by atoms with Crippen LogP contribution in [0.3, 0.4) is 0 Å². The van der Waals surface area contributed by atoms with Crippen molar-refractivity contribution in [2.45, 2.75) is 26.7 Å². The summed E-state index contributed by atoms with van der Waals surface area (Å²) in [7, 11) is 1.74. The van der Waals surface area contributed by atoms with Gasteiger partial charge in [0.15, 0.2) is 5.15 Å². The van der Waals surface area contributed by atoms with Gasteiger partial charge < -0.3 is 5.32 Å². The maximum Gasteiger partial charge on any atom is 0.224 e. The van der Waals surface area contributed by atoms with Crippen molar-refractivity contribution in [2.24, 2.45) is 7.05 Å².